The molecule has 1 aliphatic rings. The van der Waals surface area contributed by atoms with Crippen molar-refractivity contribution in [2.75, 3.05) is 0 Å². The molecule has 0 aromatic heterocycles. The van der Waals surface area contributed by atoms with Crippen molar-refractivity contribution in [1.82, 2.24) is 0 Å². The zero-order valence-electron chi connectivity index (χ0n) is 11.2. The van der Waals surface area contributed by atoms with Crippen LogP contribution >= 0.6 is 0 Å². The maximum absolute atomic E-state index is 2.37. The summed E-state index contributed by atoms with van der Waals surface area (Å²) in [5, 5.41) is 0. The van der Waals surface area contributed by atoms with Crippen molar-refractivity contribution in [3.05, 3.63) is 71.3 Å². The Morgan fingerprint density at radius 1 is 0.944 bits per heavy atom. The zero-order chi connectivity index (χ0) is 12.6. The second-order valence-electron chi connectivity index (χ2n) is 6.06. The summed E-state index contributed by atoms with van der Waals surface area (Å²) in [6.45, 7) is 4.74. The molecule has 1 atom stereocenters. The molecular weight excluding hydrogens is 216 g/mol. The van der Waals surface area contributed by atoms with Gasteiger partial charge < -0.3 is 0 Å². The lowest BCUT2D eigenvalue weighted by atomic mass is 9.85. The Labute approximate surface area is 110 Å². The summed E-state index contributed by atoms with van der Waals surface area (Å²) >= 11 is 0. The van der Waals surface area contributed by atoms with Gasteiger partial charge in [-0.05, 0) is 40.9 Å². The van der Waals surface area contributed by atoms with Gasteiger partial charge in [0.05, 0.1) is 0 Å². The van der Waals surface area contributed by atoms with Crippen molar-refractivity contribution in [3.63, 3.8) is 0 Å². The molecule has 0 saturated carbocycles. The number of hydrogen-bond donors (Lipinski definition) is 0. The zero-order valence-corrected chi connectivity index (χ0v) is 11.2. The Morgan fingerprint density at radius 3 is 2.39 bits per heavy atom. The molecule has 0 saturated heterocycles. The minimum Gasteiger partial charge on any atom is -0.0622 e. The molecular formula is C18H20. The van der Waals surface area contributed by atoms with Crippen LogP contribution in [0.2, 0.25) is 0 Å². The Bertz CT molecular complexity index is 537. The van der Waals surface area contributed by atoms with Gasteiger partial charge in [-0.15, -0.1) is 0 Å². The van der Waals surface area contributed by atoms with Crippen LogP contribution in [0.4, 0.5) is 0 Å². The fraction of sp³-hybridized carbons (Fsp3) is 0.333. The summed E-state index contributed by atoms with van der Waals surface area (Å²) in [5.74, 6) is 0.679. The standard InChI is InChI=1S/C18H20/c1-18(2)13-15(12-14-8-4-3-5-9-14)16-10-6-7-11-17(16)18/h3-11,15H,12-13H2,1-2H3. The summed E-state index contributed by atoms with van der Waals surface area (Å²) in [5.41, 5.74) is 4.89. The van der Waals surface area contributed by atoms with Crippen molar-refractivity contribution in [2.45, 2.75) is 38.0 Å². The van der Waals surface area contributed by atoms with Gasteiger partial charge in [-0.2, -0.15) is 0 Å². The average molecular weight is 236 g/mol. The van der Waals surface area contributed by atoms with E-state index in [4.69, 9.17) is 0 Å². The van der Waals surface area contributed by atoms with E-state index in [-0.39, 0.29) is 0 Å². The highest BCUT2D eigenvalue weighted by Crippen LogP contribution is 2.46. The van der Waals surface area contributed by atoms with Gasteiger partial charge in [0.1, 0.15) is 0 Å². The molecule has 0 spiro atoms. The van der Waals surface area contributed by atoms with Crippen molar-refractivity contribution in [3.8, 4) is 0 Å². The van der Waals surface area contributed by atoms with E-state index in [2.05, 4.69) is 68.4 Å². The van der Waals surface area contributed by atoms with Crippen LogP contribution in [-0.2, 0) is 11.8 Å². The van der Waals surface area contributed by atoms with Crippen LogP contribution in [0, 0.1) is 0 Å². The molecule has 0 heteroatoms. The lowest BCUT2D eigenvalue weighted by Crippen LogP contribution is -2.12. The molecule has 0 heterocycles. The Morgan fingerprint density at radius 2 is 1.61 bits per heavy atom. The molecule has 0 radical (unpaired) electrons. The van der Waals surface area contributed by atoms with Gasteiger partial charge in [0.2, 0.25) is 0 Å². The minimum atomic E-state index is 0.329. The second-order valence-corrected chi connectivity index (χ2v) is 6.06. The second kappa shape index (κ2) is 4.28. The molecule has 92 valence electrons. The number of fused-ring (bicyclic) bond motifs is 1. The first-order chi connectivity index (χ1) is 8.67. The third-order valence-corrected chi connectivity index (χ3v) is 4.21. The van der Waals surface area contributed by atoms with E-state index in [0.717, 1.165) is 0 Å². The van der Waals surface area contributed by atoms with Crippen molar-refractivity contribution in [2.24, 2.45) is 0 Å². The first kappa shape index (κ1) is 11.5. The third-order valence-electron chi connectivity index (χ3n) is 4.21. The molecule has 0 fully saturated rings. The normalized spacial score (nSPS) is 20.7. The highest BCUT2D eigenvalue weighted by Gasteiger charge is 2.36. The number of benzene rings is 2. The summed E-state index contributed by atoms with van der Waals surface area (Å²) in [6.07, 6.45) is 2.43. The van der Waals surface area contributed by atoms with E-state index in [1.807, 2.05) is 0 Å². The van der Waals surface area contributed by atoms with E-state index in [9.17, 15) is 0 Å². The predicted octanol–water partition coefficient (Wildman–Crippen LogP) is 4.69. The quantitative estimate of drug-likeness (QED) is 0.709. The summed E-state index contributed by atoms with van der Waals surface area (Å²) in [6, 6.07) is 19.8. The molecule has 18 heavy (non-hydrogen) atoms. The van der Waals surface area contributed by atoms with Crippen molar-refractivity contribution < 1.29 is 0 Å². The minimum absolute atomic E-state index is 0.329. The first-order valence-electron chi connectivity index (χ1n) is 6.80. The molecule has 0 N–H and O–H groups in total. The smallest absolute Gasteiger partial charge is 0.00948 e. The van der Waals surface area contributed by atoms with Gasteiger partial charge in [0.15, 0.2) is 0 Å². The molecule has 1 aliphatic carbocycles. The molecule has 1 unspecified atom stereocenters. The number of rotatable bonds is 2. The molecule has 2 aromatic carbocycles. The largest absolute Gasteiger partial charge is 0.0622 e. The maximum atomic E-state index is 2.37. The van der Waals surface area contributed by atoms with Crippen molar-refractivity contribution in [1.29, 1.82) is 0 Å². The van der Waals surface area contributed by atoms with Gasteiger partial charge in [-0.25, -0.2) is 0 Å². The fourth-order valence-corrected chi connectivity index (χ4v) is 3.39. The lowest BCUT2D eigenvalue weighted by Gasteiger charge is -2.19. The fourth-order valence-electron chi connectivity index (χ4n) is 3.39. The van der Waals surface area contributed by atoms with Gasteiger partial charge in [-0.3, -0.25) is 0 Å². The first-order valence-corrected chi connectivity index (χ1v) is 6.80. The van der Waals surface area contributed by atoms with Crippen molar-refractivity contribution >= 4 is 0 Å². The summed E-state index contributed by atoms with van der Waals surface area (Å²) in [4.78, 5) is 0. The maximum Gasteiger partial charge on any atom is -0.00948 e. The Balaban J connectivity index is 1.92. The Kier molecular flexibility index (Phi) is 2.74. The van der Waals surface area contributed by atoms with E-state index in [0.29, 0.717) is 11.3 Å². The number of hydrogen-bond acceptors (Lipinski definition) is 0. The molecule has 0 bridgehead atoms. The average Bonchev–Trinajstić information content (AvgIpc) is 2.63. The van der Waals surface area contributed by atoms with Gasteiger partial charge >= 0.3 is 0 Å². The van der Waals surface area contributed by atoms with Gasteiger partial charge in [0.25, 0.3) is 0 Å². The summed E-state index contributed by atoms with van der Waals surface area (Å²) in [7, 11) is 0. The monoisotopic (exact) mass is 236 g/mol. The lowest BCUT2D eigenvalue weighted by molar-refractivity contribution is 0.473. The van der Waals surface area contributed by atoms with Crippen LogP contribution < -0.4 is 0 Å². The van der Waals surface area contributed by atoms with Crippen LogP contribution in [0.5, 0.6) is 0 Å². The van der Waals surface area contributed by atoms with E-state index < -0.39 is 0 Å². The topological polar surface area (TPSA) is 0 Å². The van der Waals surface area contributed by atoms with Crippen LogP contribution in [0.3, 0.4) is 0 Å². The van der Waals surface area contributed by atoms with E-state index in [1.54, 1.807) is 11.1 Å². The van der Waals surface area contributed by atoms with Crippen LogP contribution in [-0.4, -0.2) is 0 Å². The highest BCUT2D eigenvalue weighted by molar-refractivity contribution is 5.42. The molecule has 0 nitrogen and oxygen atoms in total. The van der Waals surface area contributed by atoms with E-state index >= 15 is 0 Å². The summed E-state index contributed by atoms with van der Waals surface area (Å²) < 4.78 is 0. The molecule has 0 aliphatic heterocycles. The van der Waals surface area contributed by atoms with Gasteiger partial charge in [-0.1, -0.05) is 68.4 Å². The SMILES string of the molecule is CC1(C)CC(Cc2ccccc2)c2ccccc21. The third kappa shape index (κ3) is 1.96. The van der Waals surface area contributed by atoms with Crippen LogP contribution in [0.1, 0.15) is 42.9 Å². The molecule has 2 aromatic rings. The molecule has 3 rings (SSSR count). The predicted molar refractivity (Wildman–Crippen MR) is 77.0 cm³/mol. The van der Waals surface area contributed by atoms with Crippen LogP contribution in [0.15, 0.2) is 54.6 Å². The van der Waals surface area contributed by atoms with E-state index in [1.165, 1.54) is 18.4 Å². The van der Waals surface area contributed by atoms with Crippen LogP contribution in [0.25, 0.3) is 0 Å². The molecule has 0 amide bonds. The Hall–Kier alpha value is -1.56. The highest BCUT2D eigenvalue weighted by atomic mass is 14.4. The van der Waals surface area contributed by atoms with Gasteiger partial charge in [0, 0.05) is 0 Å².